The van der Waals surface area contributed by atoms with E-state index in [2.05, 4.69) is 44.4 Å². The molecule has 104 valence electrons. The van der Waals surface area contributed by atoms with Crippen molar-refractivity contribution in [3.63, 3.8) is 0 Å². The molecule has 1 aromatic carbocycles. The second-order valence-electron chi connectivity index (χ2n) is 5.26. The molecule has 3 rings (SSSR count). The van der Waals surface area contributed by atoms with Crippen LogP contribution < -0.4 is 5.32 Å². The number of rotatable bonds is 2. The van der Waals surface area contributed by atoms with Crippen molar-refractivity contribution in [2.24, 2.45) is 0 Å². The molecule has 0 amide bonds. The average molecular weight is 332 g/mol. The average Bonchev–Trinajstić information content (AvgIpc) is 2.48. The predicted octanol–water partition coefficient (Wildman–Crippen LogP) is 3.68. The Hall–Kier alpha value is -1.26. The fraction of sp³-hybridized carbons (Fsp3) is 0.375. The van der Waals surface area contributed by atoms with Gasteiger partial charge in [-0.15, -0.1) is 0 Å². The Morgan fingerprint density at radius 1 is 1.15 bits per heavy atom. The van der Waals surface area contributed by atoms with Crippen molar-refractivity contribution in [1.82, 2.24) is 15.3 Å². The molecule has 1 aliphatic heterocycles. The Balaban J connectivity index is 2.00. The summed E-state index contributed by atoms with van der Waals surface area (Å²) in [5, 5.41) is 3.39. The van der Waals surface area contributed by atoms with E-state index in [4.69, 9.17) is 4.98 Å². The molecule has 20 heavy (non-hydrogen) atoms. The Labute approximate surface area is 128 Å². The van der Waals surface area contributed by atoms with Crippen LogP contribution in [0.2, 0.25) is 0 Å². The number of benzene rings is 1. The number of aryl methyl sites for hydroxylation is 1. The van der Waals surface area contributed by atoms with Crippen LogP contribution in [0.4, 0.5) is 0 Å². The summed E-state index contributed by atoms with van der Waals surface area (Å²) in [4.78, 5) is 9.48. The number of hydrogen-bond acceptors (Lipinski definition) is 3. The topological polar surface area (TPSA) is 37.8 Å². The maximum absolute atomic E-state index is 4.82. The second-order valence-corrected chi connectivity index (χ2v) is 6.11. The zero-order valence-corrected chi connectivity index (χ0v) is 13.2. The lowest BCUT2D eigenvalue weighted by molar-refractivity contribution is 0.444. The molecule has 1 aromatic heterocycles. The van der Waals surface area contributed by atoms with Gasteiger partial charge in [0, 0.05) is 21.6 Å². The van der Waals surface area contributed by atoms with Crippen molar-refractivity contribution in [1.29, 1.82) is 0 Å². The lowest BCUT2D eigenvalue weighted by Gasteiger charge is -2.22. The van der Waals surface area contributed by atoms with Crippen LogP contribution in [0.3, 0.4) is 0 Å². The lowest BCUT2D eigenvalue weighted by atomic mass is 9.97. The van der Waals surface area contributed by atoms with Crippen molar-refractivity contribution in [2.75, 3.05) is 13.1 Å². The van der Waals surface area contributed by atoms with Crippen LogP contribution >= 0.6 is 15.9 Å². The van der Waals surface area contributed by atoms with E-state index in [1.807, 2.05) is 19.1 Å². The van der Waals surface area contributed by atoms with Crippen molar-refractivity contribution in [3.8, 4) is 11.3 Å². The van der Waals surface area contributed by atoms with Crippen LogP contribution in [0, 0.1) is 6.92 Å². The number of halogens is 1. The van der Waals surface area contributed by atoms with Crippen LogP contribution in [0.25, 0.3) is 11.3 Å². The van der Waals surface area contributed by atoms with Crippen molar-refractivity contribution < 1.29 is 0 Å². The Bertz CT molecular complexity index is 606. The molecular weight excluding hydrogens is 314 g/mol. The maximum atomic E-state index is 4.82. The molecule has 2 aromatic rings. The number of piperidine rings is 1. The summed E-state index contributed by atoms with van der Waals surface area (Å²) in [5.41, 5.74) is 3.19. The van der Waals surface area contributed by atoms with Gasteiger partial charge in [0.15, 0.2) is 0 Å². The normalized spacial score (nSPS) is 16.3. The van der Waals surface area contributed by atoms with Crippen LogP contribution in [0.5, 0.6) is 0 Å². The SMILES string of the molecule is Cc1cc(-c2ccccc2Br)nc(C2CCNCC2)n1. The van der Waals surface area contributed by atoms with E-state index in [-0.39, 0.29) is 0 Å². The molecule has 3 nitrogen and oxygen atoms in total. The Morgan fingerprint density at radius 2 is 1.90 bits per heavy atom. The summed E-state index contributed by atoms with van der Waals surface area (Å²) in [6.45, 7) is 4.17. The first-order valence-corrected chi connectivity index (χ1v) is 7.84. The van der Waals surface area contributed by atoms with Gasteiger partial charge in [-0.25, -0.2) is 9.97 Å². The molecule has 1 N–H and O–H groups in total. The van der Waals surface area contributed by atoms with Gasteiger partial charge in [0.1, 0.15) is 5.82 Å². The van der Waals surface area contributed by atoms with E-state index in [0.29, 0.717) is 5.92 Å². The first-order valence-electron chi connectivity index (χ1n) is 7.05. The number of hydrogen-bond donors (Lipinski definition) is 1. The van der Waals surface area contributed by atoms with Gasteiger partial charge in [-0.3, -0.25) is 0 Å². The second kappa shape index (κ2) is 6.02. The van der Waals surface area contributed by atoms with Gasteiger partial charge < -0.3 is 5.32 Å². The van der Waals surface area contributed by atoms with E-state index < -0.39 is 0 Å². The zero-order valence-electron chi connectivity index (χ0n) is 11.6. The minimum atomic E-state index is 0.484. The van der Waals surface area contributed by atoms with Gasteiger partial charge in [0.2, 0.25) is 0 Å². The predicted molar refractivity (Wildman–Crippen MR) is 84.7 cm³/mol. The third-order valence-electron chi connectivity index (χ3n) is 3.73. The highest BCUT2D eigenvalue weighted by atomic mass is 79.9. The van der Waals surface area contributed by atoms with E-state index in [1.54, 1.807) is 0 Å². The highest BCUT2D eigenvalue weighted by Gasteiger charge is 2.19. The van der Waals surface area contributed by atoms with Crippen LogP contribution in [-0.4, -0.2) is 23.1 Å². The summed E-state index contributed by atoms with van der Waals surface area (Å²) < 4.78 is 1.08. The van der Waals surface area contributed by atoms with Crippen molar-refractivity contribution in [2.45, 2.75) is 25.7 Å². The molecule has 0 saturated carbocycles. The third-order valence-corrected chi connectivity index (χ3v) is 4.42. The summed E-state index contributed by atoms with van der Waals surface area (Å²) in [6.07, 6.45) is 2.25. The van der Waals surface area contributed by atoms with E-state index >= 15 is 0 Å². The van der Waals surface area contributed by atoms with Gasteiger partial charge in [-0.2, -0.15) is 0 Å². The third kappa shape index (κ3) is 2.91. The first kappa shape index (κ1) is 13.7. The van der Waals surface area contributed by atoms with Crippen LogP contribution in [0.15, 0.2) is 34.8 Å². The molecule has 0 atom stereocenters. The summed E-state index contributed by atoms with van der Waals surface area (Å²) >= 11 is 3.61. The Kier molecular flexibility index (Phi) is 4.13. The summed E-state index contributed by atoms with van der Waals surface area (Å²) in [6, 6.07) is 10.3. The molecule has 1 saturated heterocycles. The highest BCUT2D eigenvalue weighted by Crippen LogP contribution is 2.29. The largest absolute Gasteiger partial charge is 0.317 e. The molecule has 1 fully saturated rings. The first-order chi connectivity index (χ1) is 9.74. The molecular formula is C16H18BrN3. The maximum Gasteiger partial charge on any atom is 0.132 e. The fourth-order valence-electron chi connectivity index (χ4n) is 2.66. The van der Waals surface area contributed by atoms with Crippen molar-refractivity contribution >= 4 is 15.9 Å². The highest BCUT2D eigenvalue weighted by molar-refractivity contribution is 9.10. The fourth-order valence-corrected chi connectivity index (χ4v) is 3.15. The number of nitrogens with one attached hydrogen (secondary N) is 1. The smallest absolute Gasteiger partial charge is 0.132 e. The minimum Gasteiger partial charge on any atom is -0.317 e. The minimum absolute atomic E-state index is 0.484. The van der Waals surface area contributed by atoms with Gasteiger partial charge in [-0.05, 0) is 45.0 Å². The summed E-state index contributed by atoms with van der Waals surface area (Å²) in [5.74, 6) is 1.48. The van der Waals surface area contributed by atoms with Gasteiger partial charge in [-0.1, -0.05) is 34.1 Å². The molecule has 4 heteroatoms. The van der Waals surface area contributed by atoms with Crippen LogP contribution in [-0.2, 0) is 0 Å². The van der Waals surface area contributed by atoms with Gasteiger partial charge in [0.25, 0.3) is 0 Å². The monoisotopic (exact) mass is 331 g/mol. The summed E-state index contributed by atoms with van der Waals surface area (Å²) in [7, 11) is 0. The number of nitrogens with zero attached hydrogens (tertiary/aromatic N) is 2. The van der Waals surface area contributed by atoms with Gasteiger partial charge in [0.05, 0.1) is 5.69 Å². The molecule has 0 aliphatic carbocycles. The zero-order chi connectivity index (χ0) is 13.9. The standard InChI is InChI=1S/C16H18BrN3/c1-11-10-15(13-4-2-3-5-14(13)17)20-16(19-11)12-6-8-18-9-7-12/h2-5,10,12,18H,6-9H2,1H3. The molecule has 0 bridgehead atoms. The van der Waals surface area contributed by atoms with Crippen LogP contribution in [0.1, 0.15) is 30.3 Å². The number of aromatic nitrogens is 2. The van der Waals surface area contributed by atoms with E-state index in [9.17, 15) is 0 Å². The molecule has 1 aliphatic rings. The Morgan fingerprint density at radius 3 is 2.65 bits per heavy atom. The van der Waals surface area contributed by atoms with E-state index in [0.717, 1.165) is 53.2 Å². The van der Waals surface area contributed by atoms with Crippen molar-refractivity contribution in [3.05, 3.63) is 46.3 Å². The van der Waals surface area contributed by atoms with E-state index in [1.165, 1.54) is 0 Å². The molecule has 0 spiro atoms. The molecule has 0 radical (unpaired) electrons. The molecule has 0 unspecified atom stereocenters. The molecule has 2 heterocycles. The lowest BCUT2D eigenvalue weighted by Crippen LogP contribution is -2.27. The quantitative estimate of drug-likeness (QED) is 0.912. The van der Waals surface area contributed by atoms with Gasteiger partial charge >= 0.3 is 0 Å².